The highest BCUT2D eigenvalue weighted by Gasteiger charge is 2.48. The van der Waals surface area contributed by atoms with Crippen LogP contribution in [0, 0.1) is 5.92 Å². The summed E-state index contributed by atoms with van der Waals surface area (Å²) in [5.74, 6) is -0.713. The number of rotatable bonds is 2. The number of carbonyl (C=O) groups is 1. The highest BCUT2D eigenvalue weighted by molar-refractivity contribution is 6.76. The van der Waals surface area contributed by atoms with Gasteiger partial charge >= 0.3 is 0 Å². The minimum absolute atomic E-state index is 0.0415. The van der Waals surface area contributed by atoms with Gasteiger partial charge in [0, 0.05) is 11.5 Å². The van der Waals surface area contributed by atoms with Crippen LogP contribution in [0.15, 0.2) is 30.3 Å². The molecule has 2 heterocycles. The maximum absolute atomic E-state index is 12.0. The first-order valence-electron chi connectivity index (χ1n) is 8.12. The third kappa shape index (κ3) is 4.24. The van der Waals surface area contributed by atoms with Crippen molar-refractivity contribution in [3.63, 3.8) is 0 Å². The van der Waals surface area contributed by atoms with E-state index in [9.17, 15) is 4.79 Å². The van der Waals surface area contributed by atoms with E-state index in [4.69, 9.17) is 49.0 Å². The third-order valence-corrected chi connectivity index (χ3v) is 5.18. The topological polar surface area (TPSA) is 56.8 Å². The zero-order chi connectivity index (χ0) is 18.2. The zero-order valence-corrected chi connectivity index (χ0v) is 16.1. The third-order valence-electron chi connectivity index (χ3n) is 4.67. The summed E-state index contributed by atoms with van der Waals surface area (Å²) in [4.78, 5) is 12.0. The SMILES string of the molecule is CC1OC2COC(c3ccccc3)OC2C(C)C1NC(=O)C(Cl)(Cl)Cl. The monoisotopic (exact) mass is 407 g/mol. The second kappa shape index (κ2) is 7.59. The van der Waals surface area contributed by atoms with Crippen molar-refractivity contribution in [1.29, 1.82) is 0 Å². The normalized spacial score (nSPS) is 35.7. The molecule has 2 aliphatic rings. The van der Waals surface area contributed by atoms with Crippen LogP contribution in [0.4, 0.5) is 0 Å². The van der Waals surface area contributed by atoms with E-state index < -0.39 is 16.0 Å². The van der Waals surface area contributed by atoms with Gasteiger partial charge < -0.3 is 19.5 Å². The summed E-state index contributed by atoms with van der Waals surface area (Å²) in [5.41, 5.74) is 0.939. The Morgan fingerprint density at radius 3 is 2.48 bits per heavy atom. The summed E-state index contributed by atoms with van der Waals surface area (Å²) < 4.78 is 15.9. The average molecular weight is 409 g/mol. The molecular weight excluding hydrogens is 389 g/mol. The van der Waals surface area contributed by atoms with Crippen LogP contribution in [0.25, 0.3) is 0 Å². The number of fused-ring (bicyclic) bond motifs is 1. The number of benzene rings is 1. The smallest absolute Gasteiger partial charge is 0.272 e. The summed E-state index contributed by atoms with van der Waals surface area (Å²) in [6, 6.07) is 9.36. The molecule has 138 valence electrons. The average Bonchev–Trinajstić information content (AvgIpc) is 2.58. The highest BCUT2D eigenvalue weighted by atomic mass is 35.6. The van der Waals surface area contributed by atoms with Crippen LogP contribution in [0.3, 0.4) is 0 Å². The molecule has 1 aromatic carbocycles. The minimum Gasteiger partial charge on any atom is -0.368 e. The summed E-state index contributed by atoms with van der Waals surface area (Å²) >= 11 is 17.0. The van der Waals surface area contributed by atoms with Crippen molar-refractivity contribution in [2.24, 2.45) is 5.92 Å². The van der Waals surface area contributed by atoms with Crippen molar-refractivity contribution in [2.75, 3.05) is 6.61 Å². The van der Waals surface area contributed by atoms with Crippen molar-refractivity contribution in [3.8, 4) is 0 Å². The molecule has 0 aromatic heterocycles. The lowest BCUT2D eigenvalue weighted by Gasteiger charge is -2.48. The standard InChI is InChI=1S/C17H20Cl3NO4/c1-9-13(21-16(22)17(18,19)20)10(2)24-12-8-23-15(25-14(9)12)11-6-4-3-5-7-11/h3-7,9-10,12-15H,8H2,1-2H3,(H,21,22). The first kappa shape index (κ1) is 19.2. The van der Waals surface area contributed by atoms with E-state index in [1.54, 1.807) is 0 Å². The van der Waals surface area contributed by atoms with E-state index in [0.29, 0.717) is 6.61 Å². The van der Waals surface area contributed by atoms with E-state index in [0.717, 1.165) is 5.56 Å². The number of nitrogens with one attached hydrogen (secondary N) is 1. The number of amides is 1. The Bertz CT molecular complexity index is 610. The van der Waals surface area contributed by atoms with Gasteiger partial charge in [0.1, 0.15) is 6.10 Å². The van der Waals surface area contributed by atoms with E-state index in [1.807, 2.05) is 44.2 Å². The molecule has 1 amide bonds. The minimum atomic E-state index is -2.01. The summed E-state index contributed by atoms with van der Waals surface area (Å²) in [6.07, 6.45) is -1.17. The second-order valence-electron chi connectivity index (χ2n) is 6.41. The molecule has 3 rings (SSSR count). The highest BCUT2D eigenvalue weighted by Crippen LogP contribution is 2.37. The molecule has 1 aromatic rings. The van der Waals surface area contributed by atoms with Crippen LogP contribution < -0.4 is 5.32 Å². The van der Waals surface area contributed by atoms with Crippen molar-refractivity contribution >= 4 is 40.7 Å². The Kier molecular flexibility index (Phi) is 5.83. The van der Waals surface area contributed by atoms with Crippen LogP contribution in [-0.4, -0.2) is 40.7 Å². The summed E-state index contributed by atoms with van der Waals surface area (Å²) in [5, 5.41) is 2.77. The van der Waals surface area contributed by atoms with E-state index in [-0.39, 0.29) is 30.3 Å². The summed E-state index contributed by atoms with van der Waals surface area (Å²) in [7, 11) is 0. The molecule has 6 unspecified atom stereocenters. The van der Waals surface area contributed by atoms with Gasteiger partial charge in [-0.05, 0) is 6.92 Å². The van der Waals surface area contributed by atoms with Crippen LogP contribution in [0.2, 0.25) is 0 Å². The number of ether oxygens (including phenoxy) is 3. The van der Waals surface area contributed by atoms with Gasteiger partial charge in [-0.15, -0.1) is 0 Å². The van der Waals surface area contributed by atoms with Gasteiger partial charge in [-0.2, -0.15) is 0 Å². The molecule has 2 fully saturated rings. The molecule has 6 atom stereocenters. The predicted molar refractivity (Wildman–Crippen MR) is 95.7 cm³/mol. The Morgan fingerprint density at radius 2 is 1.84 bits per heavy atom. The van der Waals surface area contributed by atoms with Gasteiger partial charge in [-0.3, -0.25) is 4.79 Å². The van der Waals surface area contributed by atoms with Crippen molar-refractivity contribution < 1.29 is 19.0 Å². The lowest BCUT2D eigenvalue weighted by atomic mass is 9.85. The Balaban J connectivity index is 1.73. The molecule has 2 aliphatic heterocycles. The van der Waals surface area contributed by atoms with Gasteiger partial charge in [-0.25, -0.2) is 0 Å². The number of hydrogen-bond acceptors (Lipinski definition) is 4. The van der Waals surface area contributed by atoms with Crippen LogP contribution in [-0.2, 0) is 19.0 Å². The molecule has 0 spiro atoms. The molecule has 0 saturated carbocycles. The van der Waals surface area contributed by atoms with Crippen LogP contribution in [0.5, 0.6) is 0 Å². The number of alkyl halides is 3. The fourth-order valence-corrected chi connectivity index (χ4v) is 3.55. The van der Waals surface area contributed by atoms with Crippen molar-refractivity contribution in [1.82, 2.24) is 5.32 Å². The van der Waals surface area contributed by atoms with E-state index in [2.05, 4.69) is 5.32 Å². The molecule has 25 heavy (non-hydrogen) atoms. The Hall–Kier alpha value is -0.560. The molecular formula is C17H20Cl3NO4. The Morgan fingerprint density at radius 1 is 1.16 bits per heavy atom. The van der Waals surface area contributed by atoms with Crippen molar-refractivity contribution in [3.05, 3.63) is 35.9 Å². The number of hydrogen-bond donors (Lipinski definition) is 1. The fraction of sp³-hybridized carbons (Fsp3) is 0.588. The number of halogens is 3. The van der Waals surface area contributed by atoms with Gasteiger partial charge in [0.25, 0.3) is 9.70 Å². The zero-order valence-electron chi connectivity index (χ0n) is 13.8. The van der Waals surface area contributed by atoms with Gasteiger partial charge in [0.2, 0.25) is 0 Å². The summed E-state index contributed by atoms with van der Waals surface area (Å²) in [6.45, 7) is 4.29. The van der Waals surface area contributed by atoms with Crippen molar-refractivity contribution in [2.45, 2.75) is 48.3 Å². The fourth-order valence-electron chi connectivity index (χ4n) is 3.39. The lowest BCUT2D eigenvalue weighted by molar-refractivity contribution is -0.303. The largest absolute Gasteiger partial charge is 0.368 e. The molecule has 5 nitrogen and oxygen atoms in total. The maximum atomic E-state index is 12.0. The lowest BCUT2D eigenvalue weighted by Crippen LogP contribution is -2.62. The molecule has 2 saturated heterocycles. The van der Waals surface area contributed by atoms with Gasteiger partial charge in [0.05, 0.1) is 24.9 Å². The van der Waals surface area contributed by atoms with E-state index >= 15 is 0 Å². The first-order valence-corrected chi connectivity index (χ1v) is 9.26. The second-order valence-corrected chi connectivity index (χ2v) is 8.69. The van der Waals surface area contributed by atoms with E-state index in [1.165, 1.54) is 0 Å². The van der Waals surface area contributed by atoms with Crippen LogP contribution in [0.1, 0.15) is 25.7 Å². The van der Waals surface area contributed by atoms with Crippen LogP contribution >= 0.6 is 34.8 Å². The first-order chi connectivity index (χ1) is 11.8. The Labute approximate surface area is 161 Å². The molecule has 0 radical (unpaired) electrons. The molecule has 1 N–H and O–H groups in total. The van der Waals surface area contributed by atoms with Gasteiger partial charge in [-0.1, -0.05) is 72.1 Å². The van der Waals surface area contributed by atoms with Gasteiger partial charge in [0.15, 0.2) is 6.29 Å². The molecule has 0 aliphatic carbocycles. The number of carbonyl (C=O) groups excluding carboxylic acids is 1. The molecule has 0 bridgehead atoms. The quantitative estimate of drug-likeness (QED) is 0.762. The maximum Gasteiger partial charge on any atom is 0.272 e. The predicted octanol–water partition coefficient (Wildman–Crippen LogP) is 3.38. The molecule has 8 heteroatoms.